The van der Waals surface area contributed by atoms with Crippen LogP contribution in [0.4, 0.5) is 0 Å². The number of methoxy groups -OCH3 is 1. The minimum atomic E-state index is 0.552. The average Bonchev–Trinajstić information content (AvgIpc) is 2.48. The molecule has 1 aromatic rings. The third kappa shape index (κ3) is 4.51. The maximum absolute atomic E-state index is 5.42. The van der Waals surface area contributed by atoms with Crippen LogP contribution in [0.1, 0.15) is 24.8 Å². The number of hydrogen-bond donors (Lipinski definition) is 1. The van der Waals surface area contributed by atoms with Crippen molar-refractivity contribution < 1.29 is 9.47 Å². The van der Waals surface area contributed by atoms with Gasteiger partial charge >= 0.3 is 0 Å². The minimum absolute atomic E-state index is 0.552. The van der Waals surface area contributed by atoms with Crippen molar-refractivity contribution in [1.29, 1.82) is 0 Å². The molecule has 1 unspecified atom stereocenters. The lowest BCUT2D eigenvalue weighted by atomic mass is 9.90. The molecule has 0 aromatic heterocycles. The summed E-state index contributed by atoms with van der Waals surface area (Å²) in [7, 11) is 3.77. The molecule has 1 aromatic carbocycles. The van der Waals surface area contributed by atoms with E-state index in [0.717, 1.165) is 31.3 Å². The van der Waals surface area contributed by atoms with Crippen molar-refractivity contribution in [3.8, 4) is 5.75 Å². The zero-order chi connectivity index (χ0) is 13.5. The summed E-state index contributed by atoms with van der Waals surface area (Å²) in [6, 6.07) is 8.95. The van der Waals surface area contributed by atoms with Gasteiger partial charge in [0.1, 0.15) is 5.75 Å². The van der Waals surface area contributed by atoms with Crippen molar-refractivity contribution in [3.63, 3.8) is 0 Å². The van der Waals surface area contributed by atoms with Crippen LogP contribution in [-0.2, 0) is 11.2 Å². The zero-order valence-electron chi connectivity index (χ0n) is 12.0. The van der Waals surface area contributed by atoms with Gasteiger partial charge in [0.05, 0.1) is 7.11 Å². The molecule has 0 saturated carbocycles. The molecule has 3 nitrogen and oxygen atoms in total. The Morgan fingerprint density at radius 3 is 2.53 bits per heavy atom. The summed E-state index contributed by atoms with van der Waals surface area (Å²) >= 11 is 0. The fourth-order valence-corrected chi connectivity index (χ4v) is 2.73. The van der Waals surface area contributed by atoms with E-state index in [1.807, 2.05) is 12.1 Å². The van der Waals surface area contributed by atoms with Crippen molar-refractivity contribution in [1.82, 2.24) is 5.32 Å². The van der Waals surface area contributed by atoms with Gasteiger partial charge in [-0.3, -0.25) is 0 Å². The van der Waals surface area contributed by atoms with Gasteiger partial charge in [-0.05, 0) is 56.3 Å². The van der Waals surface area contributed by atoms with Crippen molar-refractivity contribution in [2.75, 3.05) is 27.4 Å². The molecule has 3 heteroatoms. The van der Waals surface area contributed by atoms with Gasteiger partial charge in [-0.2, -0.15) is 0 Å². The Morgan fingerprint density at radius 1 is 1.26 bits per heavy atom. The Hall–Kier alpha value is -1.06. The first kappa shape index (κ1) is 14.4. The second-order valence-corrected chi connectivity index (χ2v) is 5.33. The van der Waals surface area contributed by atoms with Gasteiger partial charge in [0.15, 0.2) is 0 Å². The molecule has 0 bridgehead atoms. The molecular formula is C16H25NO2. The third-order valence-corrected chi connectivity index (χ3v) is 4.01. The monoisotopic (exact) mass is 263 g/mol. The van der Waals surface area contributed by atoms with Crippen LogP contribution < -0.4 is 10.1 Å². The van der Waals surface area contributed by atoms with Gasteiger partial charge in [0.25, 0.3) is 0 Å². The molecule has 1 N–H and O–H groups in total. The van der Waals surface area contributed by atoms with E-state index in [1.54, 1.807) is 7.11 Å². The predicted molar refractivity (Wildman–Crippen MR) is 77.7 cm³/mol. The first-order valence-electron chi connectivity index (χ1n) is 7.19. The van der Waals surface area contributed by atoms with Crippen LogP contribution in [0.5, 0.6) is 5.75 Å². The molecule has 106 valence electrons. The van der Waals surface area contributed by atoms with Gasteiger partial charge in [-0.15, -0.1) is 0 Å². The number of hydrogen-bond acceptors (Lipinski definition) is 3. The highest BCUT2D eigenvalue weighted by Gasteiger charge is 2.18. The molecule has 0 radical (unpaired) electrons. The Morgan fingerprint density at radius 2 is 1.95 bits per heavy atom. The van der Waals surface area contributed by atoms with Crippen molar-refractivity contribution in [3.05, 3.63) is 29.8 Å². The Labute approximate surface area is 116 Å². The molecule has 1 fully saturated rings. The molecule has 19 heavy (non-hydrogen) atoms. The van der Waals surface area contributed by atoms with E-state index >= 15 is 0 Å². The lowest BCUT2D eigenvalue weighted by Gasteiger charge is -2.26. The number of rotatable bonds is 6. The van der Waals surface area contributed by atoms with Crippen LogP contribution in [0.2, 0.25) is 0 Å². The number of benzene rings is 1. The molecule has 0 spiro atoms. The summed E-state index contributed by atoms with van der Waals surface area (Å²) in [5.41, 5.74) is 1.37. The molecule has 0 aliphatic carbocycles. The van der Waals surface area contributed by atoms with Crippen LogP contribution in [0.25, 0.3) is 0 Å². The van der Waals surface area contributed by atoms with Crippen LogP contribution in [0.3, 0.4) is 0 Å². The molecule has 2 rings (SSSR count). The quantitative estimate of drug-likeness (QED) is 0.856. The highest BCUT2D eigenvalue weighted by atomic mass is 16.5. The van der Waals surface area contributed by atoms with E-state index in [-0.39, 0.29) is 0 Å². The van der Waals surface area contributed by atoms with E-state index in [1.165, 1.54) is 24.8 Å². The molecular weight excluding hydrogens is 238 g/mol. The highest BCUT2D eigenvalue weighted by Crippen LogP contribution is 2.22. The maximum Gasteiger partial charge on any atom is 0.118 e. The molecule has 1 heterocycles. The van der Waals surface area contributed by atoms with E-state index < -0.39 is 0 Å². The first-order chi connectivity index (χ1) is 9.31. The molecule has 1 aliphatic heterocycles. The van der Waals surface area contributed by atoms with Gasteiger partial charge in [-0.25, -0.2) is 0 Å². The SMILES string of the molecule is CNC(Cc1ccc(OC)cc1)CC1CCOCC1. The summed E-state index contributed by atoms with van der Waals surface area (Å²) in [5, 5.41) is 3.45. The minimum Gasteiger partial charge on any atom is -0.497 e. The third-order valence-electron chi connectivity index (χ3n) is 4.01. The summed E-state index contributed by atoms with van der Waals surface area (Å²) in [6.45, 7) is 1.87. The van der Waals surface area contributed by atoms with Crippen molar-refractivity contribution >= 4 is 0 Å². The van der Waals surface area contributed by atoms with E-state index in [9.17, 15) is 0 Å². The standard InChI is InChI=1S/C16H25NO2/c1-17-15(12-14-7-9-19-10-8-14)11-13-3-5-16(18-2)6-4-13/h3-6,14-15,17H,7-12H2,1-2H3. The van der Waals surface area contributed by atoms with Crippen LogP contribution in [0, 0.1) is 5.92 Å². The van der Waals surface area contributed by atoms with Crippen LogP contribution in [0.15, 0.2) is 24.3 Å². The second kappa shape index (κ2) is 7.51. The largest absolute Gasteiger partial charge is 0.497 e. The molecule has 0 amide bonds. The Kier molecular flexibility index (Phi) is 5.67. The predicted octanol–water partition coefficient (Wildman–Crippen LogP) is 2.64. The summed E-state index contributed by atoms with van der Waals surface area (Å²) in [5.74, 6) is 1.73. The number of likely N-dealkylation sites (N-methyl/N-ethyl adjacent to an activating group) is 1. The molecule has 1 saturated heterocycles. The Bertz CT molecular complexity index is 358. The van der Waals surface area contributed by atoms with Crippen LogP contribution in [-0.4, -0.2) is 33.4 Å². The summed E-state index contributed by atoms with van der Waals surface area (Å²) < 4.78 is 10.6. The lowest BCUT2D eigenvalue weighted by molar-refractivity contribution is 0.0608. The van der Waals surface area contributed by atoms with E-state index in [4.69, 9.17) is 9.47 Å². The lowest BCUT2D eigenvalue weighted by Crippen LogP contribution is -2.31. The van der Waals surface area contributed by atoms with Crippen LogP contribution >= 0.6 is 0 Å². The van der Waals surface area contributed by atoms with Gasteiger partial charge in [-0.1, -0.05) is 12.1 Å². The normalized spacial score (nSPS) is 18.2. The van der Waals surface area contributed by atoms with Crippen molar-refractivity contribution in [2.45, 2.75) is 31.7 Å². The van der Waals surface area contributed by atoms with Crippen molar-refractivity contribution in [2.24, 2.45) is 5.92 Å². The van der Waals surface area contributed by atoms with Gasteiger partial charge in [0.2, 0.25) is 0 Å². The fraction of sp³-hybridized carbons (Fsp3) is 0.625. The Balaban J connectivity index is 1.86. The molecule has 1 aliphatic rings. The highest BCUT2D eigenvalue weighted by molar-refractivity contribution is 5.27. The topological polar surface area (TPSA) is 30.5 Å². The summed E-state index contributed by atoms with van der Waals surface area (Å²) in [4.78, 5) is 0. The molecule has 1 atom stereocenters. The van der Waals surface area contributed by atoms with E-state index in [0.29, 0.717) is 6.04 Å². The van der Waals surface area contributed by atoms with E-state index in [2.05, 4.69) is 24.5 Å². The van der Waals surface area contributed by atoms with Gasteiger partial charge in [0, 0.05) is 19.3 Å². The zero-order valence-corrected chi connectivity index (χ0v) is 12.0. The average molecular weight is 263 g/mol. The number of nitrogens with one attached hydrogen (secondary N) is 1. The maximum atomic E-state index is 5.42. The fourth-order valence-electron chi connectivity index (χ4n) is 2.73. The summed E-state index contributed by atoms with van der Waals surface area (Å²) in [6.07, 6.45) is 4.74. The van der Waals surface area contributed by atoms with Gasteiger partial charge < -0.3 is 14.8 Å². The number of ether oxygens (including phenoxy) is 2. The second-order valence-electron chi connectivity index (χ2n) is 5.33. The smallest absolute Gasteiger partial charge is 0.118 e. The first-order valence-corrected chi connectivity index (χ1v) is 7.19.